The van der Waals surface area contributed by atoms with E-state index < -0.39 is 117 Å². The van der Waals surface area contributed by atoms with Crippen molar-refractivity contribution in [1.29, 1.82) is 0 Å². The van der Waals surface area contributed by atoms with Crippen molar-refractivity contribution >= 4 is 115 Å². The van der Waals surface area contributed by atoms with Gasteiger partial charge in [0.25, 0.3) is 11.8 Å². The van der Waals surface area contributed by atoms with Gasteiger partial charge in [0.1, 0.15) is 32.7 Å². The molecule has 0 atom stereocenters. The SMILES string of the molecule is O=C(c1nc2c(C(F)(F)F)cc(-c3cn[nH]c3)cn2c1CO)N1CC=C(c2nccs2)C1.O=Cc1c(C(=O)N2CC=C(c3nccs3)C2)nc2c(C(F)(F)F)cc(-c3cn[nH]c3)cn12.O=Cc1c(C(=O)O)cc2c(C(F)(F)F)cc(-c3cn[nH]c3)cn12.O=Cc1c(C(=O)O)nc2c(C(F)(F)F)cc(Br)cn12. The summed E-state index contributed by atoms with van der Waals surface area (Å²) in [4.78, 5) is 105. The Kier molecular flexibility index (Phi) is 19.9. The third-order valence-corrected chi connectivity index (χ3v) is 18.2. The number of nitrogens with one attached hydrogen (secondary N) is 3. The Morgan fingerprint density at radius 3 is 1.32 bits per heavy atom. The van der Waals surface area contributed by atoms with Gasteiger partial charge in [0.2, 0.25) is 0 Å². The monoisotopic (exact) mass is 1580 g/mol. The Morgan fingerprint density at radius 1 is 0.500 bits per heavy atom. The highest BCUT2D eigenvalue weighted by Gasteiger charge is 2.41. The Hall–Kier alpha value is -12.3. The van der Waals surface area contributed by atoms with E-state index in [0.717, 1.165) is 75.3 Å². The molecular formula is C64H40BrF12N17O10S2. The summed E-state index contributed by atoms with van der Waals surface area (Å²) in [5.74, 6) is -4.24. The van der Waals surface area contributed by atoms with Crippen molar-refractivity contribution in [3.63, 3.8) is 0 Å². The van der Waals surface area contributed by atoms with E-state index in [2.05, 4.69) is 71.4 Å². The number of halogens is 13. The number of aliphatic hydroxyl groups excluding tert-OH is 1. The summed E-state index contributed by atoms with van der Waals surface area (Å²) in [6, 6.07) is 4.38. The molecule has 544 valence electrons. The highest BCUT2D eigenvalue weighted by molar-refractivity contribution is 9.10. The van der Waals surface area contributed by atoms with Gasteiger partial charge in [-0.25, -0.2) is 34.5 Å². The molecule has 0 bridgehead atoms. The molecule has 0 aliphatic carbocycles. The normalized spacial score (nSPS) is 13.3. The van der Waals surface area contributed by atoms with Crippen LogP contribution in [0.3, 0.4) is 0 Å². The van der Waals surface area contributed by atoms with Crippen molar-refractivity contribution in [3.05, 3.63) is 210 Å². The lowest BCUT2D eigenvalue weighted by Gasteiger charge is -2.15. The van der Waals surface area contributed by atoms with Crippen LogP contribution < -0.4 is 0 Å². The van der Waals surface area contributed by atoms with E-state index in [1.807, 2.05) is 22.9 Å². The molecule has 106 heavy (non-hydrogen) atoms. The maximum atomic E-state index is 13.8. The Morgan fingerprint density at radius 2 is 0.906 bits per heavy atom. The minimum Gasteiger partial charge on any atom is -0.478 e. The standard InChI is InChI=1S/C20H15F3N6O2S.C20H13F3N6O2S.C14H8F3N3O3.C10H4BrF3N2O3/c2*21-20(22,23)14-5-12(13-6-25-26-7-13)9-29-15(10-30)16(27-17(14)29)19(31)28-3-1-11(8-28)18-24-2-4-32-18;15-14(16,17)10-1-7(8-3-18-19-4-8)5-20-11(10)2-9(13(22)23)12(20)6-21;11-4-1-5(10(12,13)14)8-15-7(9(18)19)6(3-17)16(8)2-4/h1-2,4-7,9,30H,3,8,10H2,(H,25,26);1-2,4-7,9-10H,3,8H2,(H,25,26);1-6H,(H,18,19)(H,22,23);1-3H,(H,18,19). The Labute approximate surface area is 597 Å². The molecule has 0 spiro atoms. The summed E-state index contributed by atoms with van der Waals surface area (Å²) in [5, 5.41) is 51.8. The molecule has 0 unspecified atom stereocenters. The van der Waals surface area contributed by atoms with E-state index in [4.69, 9.17) is 10.2 Å². The zero-order chi connectivity index (χ0) is 76.1. The molecule has 2 aliphatic rings. The molecule has 6 N–H and O–H groups in total. The van der Waals surface area contributed by atoms with Crippen LogP contribution in [0.5, 0.6) is 0 Å². The number of alkyl halides is 12. The van der Waals surface area contributed by atoms with E-state index in [1.165, 1.54) is 88.2 Å². The number of pyridine rings is 4. The molecular weight excluding hydrogens is 1540 g/mol. The molecule has 2 amide bonds. The highest BCUT2D eigenvalue weighted by atomic mass is 79.9. The number of aromatic nitrogens is 15. The molecule has 42 heteroatoms. The third-order valence-electron chi connectivity index (χ3n) is 16.1. The number of imidazole rings is 3. The summed E-state index contributed by atoms with van der Waals surface area (Å²) in [6.07, 6.45) is 2.32. The number of aromatic carboxylic acids is 2. The second-order valence-electron chi connectivity index (χ2n) is 22.5. The van der Waals surface area contributed by atoms with Crippen molar-refractivity contribution in [1.82, 2.24) is 82.9 Å². The fraction of sp³-hybridized carbons (Fsp3) is 0.141. The molecule has 13 aromatic rings. The minimum atomic E-state index is -4.75. The van der Waals surface area contributed by atoms with Gasteiger partial charge in [-0.15, -0.1) is 22.7 Å². The van der Waals surface area contributed by atoms with Gasteiger partial charge in [-0.1, -0.05) is 12.2 Å². The first-order valence-electron chi connectivity index (χ1n) is 29.8. The minimum absolute atomic E-state index is 0.0106. The number of carboxylic acid groups (broad SMARTS) is 2. The molecule has 0 fully saturated rings. The van der Waals surface area contributed by atoms with Crippen LogP contribution in [0.15, 0.2) is 132 Å². The zero-order valence-corrected chi connectivity index (χ0v) is 55.8. The van der Waals surface area contributed by atoms with Gasteiger partial charge in [0.15, 0.2) is 47.2 Å². The van der Waals surface area contributed by atoms with Gasteiger partial charge in [-0.05, 0) is 46.3 Å². The molecule has 15 heterocycles. The van der Waals surface area contributed by atoms with Crippen LogP contribution in [0.25, 0.3) is 67.0 Å². The van der Waals surface area contributed by atoms with Gasteiger partial charge < -0.3 is 29.5 Å². The number of nitrogens with zero attached hydrogens (tertiary/aromatic N) is 14. The summed E-state index contributed by atoms with van der Waals surface area (Å²) < 4.78 is 165. The molecule has 2 aliphatic heterocycles. The average Bonchev–Trinajstić information content (AvgIpc) is 1.61. The molecule has 15 rings (SSSR count). The first-order chi connectivity index (χ1) is 50.3. The zero-order valence-electron chi connectivity index (χ0n) is 52.6. The second-order valence-corrected chi connectivity index (χ2v) is 25.2. The van der Waals surface area contributed by atoms with Gasteiger partial charge in [0.05, 0.1) is 64.2 Å². The fourth-order valence-electron chi connectivity index (χ4n) is 11.3. The molecule has 13 aromatic heterocycles. The average molecular weight is 1580 g/mol. The number of thiazole rings is 2. The van der Waals surface area contributed by atoms with Crippen molar-refractivity contribution < 1.29 is 102 Å². The molecule has 0 saturated carbocycles. The van der Waals surface area contributed by atoms with Gasteiger partial charge in [-0.3, -0.25) is 52.5 Å². The van der Waals surface area contributed by atoms with Crippen molar-refractivity contribution in [2.45, 2.75) is 31.3 Å². The summed E-state index contributed by atoms with van der Waals surface area (Å²) in [7, 11) is 0. The van der Waals surface area contributed by atoms with E-state index in [1.54, 1.807) is 12.4 Å². The highest BCUT2D eigenvalue weighted by Crippen LogP contribution is 2.41. The van der Waals surface area contributed by atoms with Crippen LogP contribution in [0, 0.1) is 0 Å². The van der Waals surface area contributed by atoms with Crippen LogP contribution in [0.2, 0.25) is 0 Å². The number of H-pyrrole nitrogens is 3. The Bertz CT molecular complexity index is 5650. The van der Waals surface area contributed by atoms with Crippen LogP contribution in [-0.4, -0.2) is 167 Å². The van der Waals surface area contributed by atoms with Crippen LogP contribution in [0.4, 0.5) is 52.7 Å². The number of fused-ring (bicyclic) bond motifs is 4. The number of hydrogen-bond donors (Lipinski definition) is 6. The van der Waals surface area contributed by atoms with Crippen molar-refractivity contribution in [2.75, 3.05) is 26.2 Å². The number of hydrogen-bond acceptors (Lipinski definition) is 18. The lowest BCUT2D eigenvalue weighted by atomic mass is 10.1. The van der Waals surface area contributed by atoms with E-state index in [-0.39, 0.29) is 88.4 Å². The predicted molar refractivity (Wildman–Crippen MR) is 351 cm³/mol. The summed E-state index contributed by atoms with van der Waals surface area (Å²) >= 11 is 5.73. The van der Waals surface area contributed by atoms with Crippen LogP contribution >= 0.6 is 38.6 Å². The number of aliphatic hydroxyl groups is 1. The van der Waals surface area contributed by atoms with Crippen molar-refractivity contribution in [3.8, 4) is 33.4 Å². The summed E-state index contributed by atoms with van der Waals surface area (Å²) in [6.45, 7) is 0.350. The second kappa shape index (κ2) is 28.7. The maximum Gasteiger partial charge on any atom is 0.420 e. The smallest absolute Gasteiger partial charge is 0.420 e. The largest absolute Gasteiger partial charge is 0.478 e. The number of carbonyl (C=O) groups excluding carboxylic acids is 5. The lowest BCUT2D eigenvalue weighted by Crippen LogP contribution is -2.30. The van der Waals surface area contributed by atoms with Gasteiger partial charge >= 0.3 is 36.6 Å². The molecule has 0 aromatic carbocycles. The number of carbonyl (C=O) groups is 7. The molecule has 0 radical (unpaired) electrons. The first kappa shape index (κ1) is 73.4. The maximum absolute atomic E-state index is 13.8. The van der Waals surface area contributed by atoms with Crippen LogP contribution in [-0.2, 0) is 31.3 Å². The third kappa shape index (κ3) is 14.4. The van der Waals surface area contributed by atoms with E-state index in [9.17, 15) is 91.4 Å². The lowest BCUT2D eigenvalue weighted by molar-refractivity contribution is -0.137. The van der Waals surface area contributed by atoms with Crippen LogP contribution in [0.1, 0.15) is 111 Å². The number of rotatable bonds is 13. The van der Waals surface area contributed by atoms with Gasteiger partial charge in [-0.2, -0.15) is 68.0 Å². The quantitative estimate of drug-likeness (QED) is 0.0461. The van der Waals surface area contributed by atoms with Gasteiger partial charge in [0, 0.05) is 142 Å². The summed E-state index contributed by atoms with van der Waals surface area (Å²) in [5.41, 5.74) is -5.58. The number of aromatic amines is 3. The first-order valence-corrected chi connectivity index (χ1v) is 32.3. The topological polar surface area (TPSA) is 355 Å². The predicted octanol–water partition coefficient (Wildman–Crippen LogP) is 12.3. The van der Waals surface area contributed by atoms with Crippen molar-refractivity contribution in [2.24, 2.45) is 0 Å². The number of carboxylic acids is 2. The number of amides is 2. The Balaban J connectivity index is 0.000000135. The number of aldehydes is 3. The molecule has 0 saturated heterocycles. The molecule has 27 nitrogen and oxygen atoms in total. The van der Waals surface area contributed by atoms with E-state index >= 15 is 0 Å². The van der Waals surface area contributed by atoms with E-state index in [0.29, 0.717) is 23.0 Å². The fourth-order valence-corrected chi connectivity index (χ4v) is 13.1.